The molecule has 6 heteroatoms. The summed E-state index contributed by atoms with van der Waals surface area (Å²) in [6.07, 6.45) is 5.03. The molecule has 1 aliphatic heterocycles. The quantitative estimate of drug-likeness (QED) is 0.624. The number of nitrogens with zero attached hydrogens (tertiary/aromatic N) is 2. The van der Waals surface area contributed by atoms with Gasteiger partial charge >= 0.3 is 0 Å². The number of carbonyl (C=O) groups excluding carboxylic acids is 3. The highest BCUT2D eigenvalue weighted by molar-refractivity contribution is 6.08. The van der Waals surface area contributed by atoms with Gasteiger partial charge in [0.15, 0.2) is 0 Å². The third-order valence-corrected chi connectivity index (χ3v) is 4.85. The number of rotatable bonds is 4. The maximum Gasteiger partial charge on any atom is 0.245 e. The number of likely N-dealkylation sites (tertiary alicyclic amines) is 1. The molecular formula is C18H22N2O4. The standard InChI is InChI=1S/C18H22N2O4/c1-11-8-9-13(24-11)10-19(3)16(21)12(2)20-17(22)14-6-4-5-7-15(14)18(20)23/h4-5,8-9,12,14-15H,6-7,10H2,1-3H3. The highest BCUT2D eigenvalue weighted by Crippen LogP contribution is 2.36. The van der Waals surface area contributed by atoms with E-state index < -0.39 is 6.04 Å². The van der Waals surface area contributed by atoms with Crippen LogP contribution in [-0.2, 0) is 20.9 Å². The summed E-state index contributed by atoms with van der Waals surface area (Å²) in [5, 5.41) is 0. The van der Waals surface area contributed by atoms with Gasteiger partial charge in [-0.25, -0.2) is 0 Å². The highest BCUT2D eigenvalue weighted by Gasteiger charge is 2.50. The molecule has 3 amide bonds. The molecule has 2 heterocycles. The largest absolute Gasteiger partial charge is 0.464 e. The Labute approximate surface area is 141 Å². The Hall–Kier alpha value is -2.37. The van der Waals surface area contributed by atoms with Gasteiger partial charge in [-0.3, -0.25) is 19.3 Å². The summed E-state index contributed by atoms with van der Waals surface area (Å²) in [6.45, 7) is 3.76. The van der Waals surface area contributed by atoms with Crippen LogP contribution in [0.2, 0.25) is 0 Å². The Morgan fingerprint density at radius 3 is 2.33 bits per heavy atom. The molecule has 1 aliphatic carbocycles. The van der Waals surface area contributed by atoms with E-state index in [-0.39, 0.29) is 29.6 Å². The molecule has 0 spiro atoms. The number of amides is 3. The third kappa shape index (κ3) is 2.77. The summed E-state index contributed by atoms with van der Waals surface area (Å²) in [5.74, 6) is 0.117. The SMILES string of the molecule is Cc1ccc(CN(C)C(=O)C(C)N2C(=O)C3CC=CCC3C2=O)o1. The number of carbonyl (C=O) groups is 3. The van der Waals surface area contributed by atoms with Crippen LogP contribution in [0.5, 0.6) is 0 Å². The molecule has 128 valence electrons. The summed E-state index contributed by atoms with van der Waals surface area (Å²) >= 11 is 0. The second-order valence-corrected chi connectivity index (χ2v) is 6.58. The number of fused-ring (bicyclic) bond motifs is 1. The van der Waals surface area contributed by atoms with Gasteiger partial charge in [0.1, 0.15) is 17.6 Å². The Morgan fingerprint density at radius 2 is 1.83 bits per heavy atom. The topological polar surface area (TPSA) is 70.8 Å². The zero-order valence-corrected chi connectivity index (χ0v) is 14.2. The summed E-state index contributed by atoms with van der Waals surface area (Å²) in [4.78, 5) is 40.4. The normalized spacial score (nSPS) is 24.2. The monoisotopic (exact) mass is 330 g/mol. The predicted molar refractivity (Wildman–Crippen MR) is 86.6 cm³/mol. The Morgan fingerprint density at radius 1 is 1.25 bits per heavy atom. The fraction of sp³-hybridized carbons (Fsp3) is 0.500. The van der Waals surface area contributed by atoms with E-state index in [9.17, 15) is 14.4 Å². The van der Waals surface area contributed by atoms with Crippen LogP contribution >= 0.6 is 0 Å². The summed E-state index contributed by atoms with van der Waals surface area (Å²) < 4.78 is 5.48. The average molecular weight is 330 g/mol. The van der Waals surface area contributed by atoms with Crippen molar-refractivity contribution in [3.8, 4) is 0 Å². The van der Waals surface area contributed by atoms with Crippen LogP contribution in [0, 0.1) is 18.8 Å². The van der Waals surface area contributed by atoms with Crippen LogP contribution in [0.15, 0.2) is 28.7 Å². The minimum Gasteiger partial charge on any atom is -0.464 e. The smallest absolute Gasteiger partial charge is 0.245 e. The van der Waals surface area contributed by atoms with Crippen molar-refractivity contribution in [3.05, 3.63) is 35.8 Å². The van der Waals surface area contributed by atoms with Crippen molar-refractivity contribution in [2.24, 2.45) is 11.8 Å². The number of hydrogen-bond donors (Lipinski definition) is 0. The van der Waals surface area contributed by atoms with E-state index in [0.717, 1.165) is 10.7 Å². The lowest BCUT2D eigenvalue weighted by atomic mass is 9.85. The lowest BCUT2D eigenvalue weighted by Gasteiger charge is -2.26. The average Bonchev–Trinajstić information content (AvgIpc) is 3.08. The molecule has 1 saturated heterocycles. The number of furan rings is 1. The van der Waals surface area contributed by atoms with E-state index in [0.29, 0.717) is 25.1 Å². The van der Waals surface area contributed by atoms with E-state index in [1.807, 2.05) is 31.2 Å². The fourth-order valence-corrected chi connectivity index (χ4v) is 3.52. The van der Waals surface area contributed by atoms with Crippen molar-refractivity contribution >= 4 is 17.7 Å². The second-order valence-electron chi connectivity index (χ2n) is 6.58. The minimum absolute atomic E-state index is 0.225. The van der Waals surface area contributed by atoms with Crippen LogP contribution in [0.25, 0.3) is 0 Å². The number of allylic oxidation sites excluding steroid dienone is 2. The van der Waals surface area contributed by atoms with Crippen molar-refractivity contribution in [2.75, 3.05) is 7.05 Å². The maximum absolute atomic E-state index is 12.7. The molecule has 0 radical (unpaired) electrons. The number of hydrogen-bond acceptors (Lipinski definition) is 4. The number of imide groups is 1. The minimum atomic E-state index is -0.795. The maximum atomic E-state index is 12.7. The molecule has 0 N–H and O–H groups in total. The van der Waals surface area contributed by atoms with Crippen LogP contribution in [0.1, 0.15) is 31.3 Å². The molecule has 3 rings (SSSR count). The molecule has 3 atom stereocenters. The predicted octanol–water partition coefficient (Wildman–Crippen LogP) is 1.89. The Balaban J connectivity index is 1.71. The number of aryl methyl sites for hydroxylation is 1. The fourth-order valence-electron chi connectivity index (χ4n) is 3.52. The van der Waals surface area contributed by atoms with Crippen LogP contribution in [0.4, 0.5) is 0 Å². The lowest BCUT2D eigenvalue weighted by molar-refractivity contribution is -0.150. The molecule has 0 aromatic carbocycles. The molecule has 1 fully saturated rings. The summed E-state index contributed by atoms with van der Waals surface area (Å²) in [7, 11) is 1.65. The molecule has 2 aliphatic rings. The molecule has 6 nitrogen and oxygen atoms in total. The summed E-state index contributed by atoms with van der Waals surface area (Å²) in [5.41, 5.74) is 0. The molecule has 24 heavy (non-hydrogen) atoms. The molecule has 0 bridgehead atoms. The van der Waals surface area contributed by atoms with E-state index in [1.165, 1.54) is 4.90 Å². The first-order chi connectivity index (χ1) is 11.4. The second kappa shape index (κ2) is 6.26. The molecule has 1 aromatic rings. The van der Waals surface area contributed by atoms with Gasteiger partial charge in [-0.2, -0.15) is 0 Å². The van der Waals surface area contributed by atoms with Gasteiger partial charge in [0.05, 0.1) is 18.4 Å². The van der Waals surface area contributed by atoms with Crippen molar-refractivity contribution in [1.29, 1.82) is 0 Å². The van der Waals surface area contributed by atoms with Crippen LogP contribution < -0.4 is 0 Å². The molecule has 3 unspecified atom stereocenters. The van der Waals surface area contributed by atoms with E-state index in [4.69, 9.17) is 4.42 Å². The first-order valence-corrected chi connectivity index (χ1v) is 8.22. The number of likely N-dealkylation sites (N-methyl/N-ethyl adjacent to an activating group) is 1. The van der Waals surface area contributed by atoms with E-state index in [1.54, 1.807) is 14.0 Å². The van der Waals surface area contributed by atoms with Crippen molar-refractivity contribution in [3.63, 3.8) is 0 Å². The van der Waals surface area contributed by atoms with E-state index >= 15 is 0 Å². The molecule has 1 aromatic heterocycles. The van der Waals surface area contributed by atoms with Gasteiger partial charge in [-0.05, 0) is 38.8 Å². The van der Waals surface area contributed by atoms with Gasteiger partial charge in [-0.1, -0.05) is 12.2 Å². The molecular weight excluding hydrogens is 308 g/mol. The lowest BCUT2D eigenvalue weighted by Crippen LogP contribution is -2.48. The van der Waals surface area contributed by atoms with Crippen molar-refractivity contribution < 1.29 is 18.8 Å². The highest BCUT2D eigenvalue weighted by atomic mass is 16.3. The van der Waals surface area contributed by atoms with Crippen LogP contribution in [0.3, 0.4) is 0 Å². The third-order valence-electron chi connectivity index (χ3n) is 4.85. The van der Waals surface area contributed by atoms with Gasteiger partial charge in [-0.15, -0.1) is 0 Å². The Bertz CT molecular complexity index is 680. The summed E-state index contributed by atoms with van der Waals surface area (Å²) in [6, 6.07) is 2.86. The van der Waals surface area contributed by atoms with Crippen molar-refractivity contribution in [2.45, 2.75) is 39.3 Å². The van der Waals surface area contributed by atoms with Crippen molar-refractivity contribution in [1.82, 2.24) is 9.80 Å². The van der Waals surface area contributed by atoms with Gasteiger partial charge in [0.25, 0.3) is 0 Å². The zero-order chi connectivity index (χ0) is 17.4. The van der Waals surface area contributed by atoms with Gasteiger partial charge < -0.3 is 9.32 Å². The first-order valence-electron chi connectivity index (χ1n) is 8.22. The van der Waals surface area contributed by atoms with Gasteiger partial charge in [0, 0.05) is 7.05 Å². The van der Waals surface area contributed by atoms with Gasteiger partial charge in [0.2, 0.25) is 17.7 Å². The Kier molecular flexibility index (Phi) is 4.30. The van der Waals surface area contributed by atoms with Crippen LogP contribution in [-0.4, -0.2) is 40.6 Å². The first kappa shape index (κ1) is 16.5. The molecule has 0 saturated carbocycles. The zero-order valence-electron chi connectivity index (χ0n) is 14.2. The van der Waals surface area contributed by atoms with E-state index in [2.05, 4.69) is 0 Å².